The van der Waals surface area contributed by atoms with Crippen LogP contribution in [0.5, 0.6) is 0 Å². The number of rotatable bonds is 4. The number of allylic oxidation sites excluding steroid dienone is 2. The topological polar surface area (TPSA) is 108 Å². The zero-order valence-electron chi connectivity index (χ0n) is 17.4. The second-order valence-electron chi connectivity index (χ2n) is 7.89. The fraction of sp³-hybridized carbons (Fsp3) is 0.167. The number of amides is 1. The van der Waals surface area contributed by atoms with Gasteiger partial charge in [-0.25, -0.2) is 9.69 Å². The van der Waals surface area contributed by atoms with E-state index in [-0.39, 0.29) is 22.8 Å². The molecule has 160 valence electrons. The highest BCUT2D eigenvalue weighted by molar-refractivity contribution is 6.33. The first-order valence-corrected chi connectivity index (χ1v) is 10.2. The van der Waals surface area contributed by atoms with E-state index >= 15 is 0 Å². The summed E-state index contributed by atoms with van der Waals surface area (Å²) in [5.41, 5.74) is 1.74. The lowest BCUT2D eigenvalue weighted by Crippen LogP contribution is -2.44. The Hall–Kier alpha value is -4.20. The highest BCUT2D eigenvalue weighted by atomic mass is 16.3. The summed E-state index contributed by atoms with van der Waals surface area (Å²) in [7, 11) is 0. The molecular formula is C24H20N4O4. The number of Topliss-reactive ketones (excluding diaryl/α,β-unsaturated/α-hetero) is 1. The average Bonchev–Trinajstić information content (AvgIpc) is 3.26. The van der Waals surface area contributed by atoms with Crippen LogP contribution < -0.4 is 10.6 Å². The first-order chi connectivity index (χ1) is 15.4. The highest BCUT2D eigenvalue weighted by Gasteiger charge is 2.53. The standard InChI is InChI=1S/C24H20N4O4/c1-13-17(23(31)27(25-13)15-9-5-3-6-10-15)19-21(29)20(22(19)30)18-14(2)26-28(24(18)32)16-11-7-4-8-12-16/h3-12,17,19,26,29H,1-2H3. The Morgan fingerprint density at radius 1 is 0.875 bits per heavy atom. The maximum atomic E-state index is 13.1. The lowest BCUT2D eigenvalue weighted by atomic mass is 9.70. The quantitative estimate of drug-likeness (QED) is 0.666. The Bertz CT molecular complexity index is 1370. The number of aromatic amines is 1. The maximum absolute atomic E-state index is 13.1. The molecule has 8 heteroatoms. The number of ketones is 1. The van der Waals surface area contributed by atoms with E-state index in [0.717, 1.165) is 0 Å². The normalized spacial score (nSPS) is 20.6. The number of hydrogen-bond donors (Lipinski definition) is 2. The fourth-order valence-electron chi connectivity index (χ4n) is 4.36. The number of hydrazone groups is 1. The van der Waals surface area contributed by atoms with Crippen LogP contribution in [-0.4, -0.2) is 32.3 Å². The van der Waals surface area contributed by atoms with E-state index in [1.54, 1.807) is 62.4 Å². The van der Waals surface area contributed by atoms with E-state index < -0.39 is 23.2 Å². The molecule has 5 rings (SSSR count). The zero-order valence-corrected chi connectivity index (χ0v) is 17.4. The lowest BCUT2D eigenvalue weighted by Gasteiger charge is -2.31. The number of anilines is 1. The molecule has 1 aliphatic heterocycles. The van der Waals surface area contributed by atoms with Crippen LogP contribution >= 0.6 is 0 Å². The third-order valence-electron chi connectivity index (χ3n) is 5.93. The number of aromatic nitrogens is 2. The second kappa shape index (κ2) is 7.19. The molecule has 2 N–H and O–H groups in total. The van der Waals surface area contributed by atoms with Crippen molar-refractivity contribution in [1.82, 2.24) is 9.78 Å². The molecule has 1 aromatic heterocycles. The Balaban J connectivity index is 1.51. The van der Waals surface area contributed by atoms with Crippen molar-refractivity contribution in [1.29, 1.82) is 0 Å². The highest BCUT2D eigenvalue weighted by Crippen LogP contribution is 2.43. The smallest absolute Gasteiger partial charge is 0.279 e. The lowest BCUT2D eigenvalue weighted by molar-refractivity contribution is -0.127. The van der Waals surface area contributed by atoms with Crippen molar-refractivity contribution in [3.8, 4) is 5.69 Å². The molecular weight excluding hydrogens is 408 g/mol. The zero-order chi connectivity index (χ0) is 22.6. The summed E-state index contributed by atoms with van der Waals surface area (Å²) < 4.78 is 1.33. The molecule has 2 aliphatic rings. The molecule has 0 saturated heterocycles. The molecule has 0 spiro atoms. The van der Waals surface area contributed by atoms with Crippen LogP contribution in [0.25, 0.3) is 11.3 Å². The second-order valence-corrected chi connectivity index (χ2v) is 7.89. The molecule has 0 saturated carbocycles. The van der Waals surface area contributed by atoms with Gasteiger partial charge in [-0.05, 0) is 38.1 Å². The summed E-state index contributed by atoms with van der Waals surface area (Å²) >= 11 is 0. The Kier molecular flexibility index (Phi) is 4.44. The summed E-state index contributed by atoms with van der Waals surface area (Å²) in [5.74, 6) is -3.03. The first-order valence-electron chi connectivity index (χ1n) is 10.2. The van der Waals surface area contributed by atoms with Gasteiger partial charge in [0, 0.05) is 11.4 Å². The van der Waals surface area contributed by atoms with E-state index in [4.69, 9.17) is 0 Å². The molecule has 0 radical (unpaired) electrons. The average molecular weight is 428 g/mol. The van der Waals surface area contributed by atoms with Crippen molar-refractivity contribution >= 4 is 28.7 Å². The predicted molar refractivity (Wildman–Crippen MR) is 120 cm³/mol. The Morgan fingerprint density at radius 2 is 1.47 bits per heavy atom. The van der Waals surface area contributed by atoms with Crippen LogP contribution in [0.15, 0.2) is 76.3 Å². The van der Waals surface area contributed by atoms with E-state index in [9.17, 15) is 19.5 Å². The molecule has 1 aliphatic carbocycles. The van der Waals surface area contributed by atoms with E-state index in [1.807, 2.05) is 12.1 Å². The van der Waals surface area contributed by atoms with Gasteiger partial charge in [0.2, 0.25) is 0 Å². The number of carbonyl (C=O) groups excluding carboxylic acids is 2. The number of carbonyl (C=O) groups is 2. The van der Waals surface area contributed by atoms with Crippen LogP contribution in [0.3, 0.4) is 0 Å². The fourth-order valence-corrected chi connectivity index (χ4v) is 4.36. The third kappa shape index (κ3) is 2.76. The summed E-state index contributed by atoms with van der Waals surface area (Å²) in [5, 5.41) is 19.4. The minimum absolute atomic E-state index is 0.0396. The monoisotopic (exact) mass is 428 g/mol. The number of aliphatic hydroxyl groups is 1. The van der Waals surface area contributed by atoms with Gasteiger partial charge in [-0.15, -0.1) is 0 Å². The molecule has 2 aromatic carbocycles. The SMILES string of the molecule is CC1=NN(c2ccccc2)C(=O)C1C1C(=O)C(c2c(C)[nH]n(-c3ccccc3)c2=O)=C1O. The van der Waals surface area contributed by atoms with Gasteiger partial charge >= 0.3 is 0 Å². The van der Waals surface area contributed by atoms with Crippen LogP contribution in [0.2, 0.25) is 0 Å². The van der Waals surface area contributed by atoms with Crippen LogP contribution in [0.4, 0.5) is 5.69 Å². The van der Waals surface area contributed by atoms with Crippen molar-refractivity contribution < 1.29 is 14.7 Å². The molecule has 2 atom stereocenters. The van der Waals surface area contributed by atoms with Crippen molar-refractivity contribution in [3.63, 3.8) is 0 Å². The number of nitrogens with one attached hydrogen (secondary N) is 1. The van der Waals surface area contributed by atoms with Gasteiger partial charge in [0.05, 0.1) is 34.3 Å². The Morgan fingerprint density at radius 3 is 2.06 bits per heavy atom. The Labute approximate surface area is 183 Å². The van der Waals surface area contributed by atoms with Crippen molar-refractivity contribution in [2.45, 2.75) is 13.8 Å². The molecule has 8 nitrogen and oxygen atoms in total. The van der Waals surface area contributed by atoms with Gasteiger partial charge in [-0.3, -0.25) is 19.5 Å². The minimum Gasteiger partial charge on any atom is -0.511 e. The number of hydrogen-bond acceptors (Lipinski definition) is 5. The molecule has 0 bridgehead atoms. The van der Waals surface area contributed by atoms with Crippen LogP contribution in [0.1, 0.15) is 18.2 Å². The maximum Gasteiger partial charge on any atom is 0.279 e. The molecule has 32 heavy (non-hydrogen) atoms. The molecule has 2 heterocycles. The van der Waals surface area contributed by atoms with Gasteiger partial charge in [0.25, 0.3) is 11.5 Å². The molecule has 0 fully saturated rings. The van der Waals surface area contributed by atoms with Crippen molar-refractivity contribution in [3.05, 3.63) is 88.0 Å². The number of nitrogens with zero attached hydrogens (tertiary/aromatic N) is 3. The predicted octanol–water partition coefficient (Wildman–Crippen LogP) is 2.98. The van der Waals surface area contributed by atoms with Crippen molar-refractivity contribution in [2.75, 3.05) is 5.01 Å². The number of aryl methyl sites for hydroxylation is 1. The molecule has 3 aromatic rings. The van der Waals surface area contributed by atoms with Gasteiger partial charge in [-0.1, -0.05) is 36.4 Å². The van der Waals surface area contributed by atoms with Crippen LogP contribution in [0, 0.1) is 18.8 Å². The summed E-state index contributed by atoms with van der Waals surface area (Å²) in [6.45, 7) is 3.33. The number of aliphatic hydroxyl groups excluding tert-OH is 1. The number of para-hydroxylation sites is 2. The van der Waals surface area contributed by atoms with E-state index in [0.29, 0.717) is 22.8 Å². The van der Waals surface area contributed by atoms with Crippen molar-refractivity contribution in [2.24, 2.45) is 16.9 Å². The largest absolute Gasteiger partial charge is 0.511 e. The molecule has 1 amide bonds. The van der Waals surface area contributed by atoms with Gasteiger partial charge < -0.3 is 5.11 Å². The van der Waals surface area contributed by atoms with Gasteiger partial charge in [-0.2, -0.15) is 5.10 Å². The first kappa shape index (κ1) is 19.7. The van der Waals surface area contributed by atoms with Gasteiger partial charge in [0.1, 0.15) is 5.76 Å². The van der Waals surface area contributed by atoms with E-state index in [2.05, 4.69) is 10.2 Å². The summed E-state index contributed by atoms with van der Waals surface area (Å²) in [4.78, 5) is 39.2. The van der Waals surface area contributed by atoms with E-state index in [1.165, 1.54) is 9.69 Å². The summed E-state index contributed by atoms with van der Waals surface area (Å²) in [6.07, 6.45) is 0. The number of benzene rings is 2. The summed E-state index contributed by atoms with van der Waals surface area (Å²) in [6, 6.07) is 17.8. The minimum atomic E-state index is -1.05. The third-order valence-corrected chi connectivity index (χ3v) is 5.93. The number of H-pyrrole nitrogens is 1. The van der Waals surface area contributed by atoms with Gasteiger partial charge in [0.15, 0.2) is 5.78 Å². The van der Waals surface area contributed by atoms with Crippen LogP contribution in [-0.2, 0) is 9.59 Å². The molecule has 2 unspecified atom stereocenters.